The van der Waals surface area contributed by atoms with Crippen LogP contribution in [0.5, 0.6) is 17.2 Å². The monoisotopic (exact) mass is 263 g/mol. The summed E-state index contributed by atoms with van der Waals surface area (Å²) < 4.78 is 10.6. The number of nitrogens with zero attached hydrogens (tertiary/aromatic N) is 1. The van der Waals surface area contributed by atoms with Crippen LogP contribution in [0.2, 0.25) is 0 Å². The summed E-state index contributed by atoms with van der Waals surface area (Å²) in [6.07, 6.45) is 6.54. The van der Waals surface area contributed by atoms with Crippen molar-refractivity contribution in [2.24, 2.45) is 0 Å². The SMILES string of the molecule is CN(Cc1cc2c(cc1O)OCO2)C1CCCCC1. The maximum atomic E-state index is 10.1. The molecule has 0 amide bonds. The quantitative estimate of drug-likeness (QED) is 0.910. The number of benzene rings is 1. The molecule has 0 aromatic heterocycles. The maximum absolute atomic E-state index is 10.1. The van der Waals surface area contributed by atoms with Crippen LogP contribution in [-0.4, -0.2) is 29.9 Å². The molecule has 1 aromatic carbocycles. The summed E-state index contributed by atoms with van der Waals surface area (Å²) in [5.74, 6) is 1.68. The molecule has 4 heteroatoms. The lowest BCUT2D eigenvalue weighted by atomic mass is 9.94. The fraction of sp³-hybridized carbons (Fsp3) is 0.600. The number of phenols is 1. The van der Waals surface area contributed by atoms with Crippen molar-refractivity contribution < 1.29 is 14.6 Å². The van der Waals surface area contributed by atoms with Gasteiger partial charge in [0.1, 0.15) is 5.75 Å². The van der Waals surface area contributed by atoms with Crippen LogP contribution in [0.1, 0.15) is 37.7 Å². The van der Waals surface area contributed by atoms with Gasteiger partial charge in [-0.15, -0.1) is 0 Å². The molecule has 4 nitrogen and oxygen atoms in total. The summed E-state index contributed by atoms with van der Waals surface area (Å²) in [5.41, 5.74) is 0.914. The molecule has 1 heterocycles. The Labute approximate surface area is 113 Å². The summed E-state index contributed by atoms with van der Waals surface area (Å²) in [4.78, 5) is 2.34. The summed E-state index contributed by atoms with van der Waals surface area (Å²) in [7, 11) is 2.14. The van der Waals surface area contributed by atoms with Crippen LogP contribution in [-0.2, 0) is 6.54 Å². The van der Waals surface area contributed by atoms with E-state index in [-0.39, 0.29) is 6.79 Å². The van der Waals surface area contributed by atoms with Crippen molar-refractivity contribution in [3.05, 3.63) is 17.7 Å². The molecular weight excluding hydrogens is 242 g/mol. The Morgan fingerprint density at radius 3 is 2.58 bits per heavy atom. The summed E-state index contributed by atoms with van der Waals surface area (Å²) >= 11 is 0. The Hall–Kier alpha value is -1.42. The predicted octanol–water partition coefficient (Wildman–Crippen LogP) is 2.89. The molecule has 0 unspecified atom stereocenters. The van der Waals surface area contributed by atoms with E-state index in [2.05, 4.69) is 11.9 Å². The van der Waals surface area contributed by atoms with E-state index in [9.17, 15) is 5.11 Å². The molecule has 0 spiro atoms. The minimum Gasteiger partial charge on any atom is -0.507 e. The first-order chi connectivity index (χ1) is 9.24. The smallest absolute Gasteiger partial charge is 0.231 e. The van der Waals surface area contributed by atoms with Gasteiger partial charge >= 0.3 is 0 Å². The Kier molecular flexibility index (Phi) is 3.51. The van der Waals surface area contributed by atoms with E-state index in [1.54, 1.807) is 6.07 Å². The van der Waals surface area contributed by atoms with Gasteiger partial charge in [0, 0.05) is 24.2 Å². The van der Waals surface area contributed by atoms with Crippen LogP contribution < -0.4 is 9.47 Å². The number of rotatable bonds is 3. The number of hydrogen-bond donors (Lipinski definition) is 1. The van der Waals surface area contributed by atoms with Gasteiger partial charge in [-0.2, -0.15) is 0 Å². The highest BCUT2D eigenvalue weighted by molar-refractivity contribution is 5.51. The van der Waals surface area contributed by atoms with Crippen LogP contribution in [0.15, 0.2) is 12.1 Å². The highest BCUT2D eigenvalue weighted by atomic mass is 16.7. The first kappa shape index (κ1) is 12.6. The van der Waals surface area contributed by atoms with Crippen molar-refractivity contribution in [2.45, 2.75) is 44.7 Å². The van der Waals surface area contributed by atoms with E-state index in [1.807, 2.05) is 6.07 Å². The molecule has 3 rings (SSSR count). The second kappa shape index (κ2) is 5.29. The van der Waals surface area contributed by atoms with E-state index < -0.39 is 0 Å². The number of ether oxygens (including phenoxy) is 2. The third-order valence-electron chi connectivity index (χ3n) is 4.19. The molecule has 0 saturated heterocycles. The fourth-order valence-electron chi connectivity index (χ4n) is 3.02. The Bertz CT molecular complexity index is 455. The fourth-order valence-corrected chi connectivity index (χ4v) is 3.02. The number of fused-ring (bicyclic) bond motifs is 1. The first-order valence-electron chi connectivity index (χ1n) is 7.06. The van der Waals surface area contributed by atoms with Crippen LogP contribution in [0.3, 0.4) is 0 Å². The van der Waals surface area contributed by atoms with E-state index in [0.29, 0.717) is 17.5 Å². The van der Waals surface area contributed by atoms with Crippen molar-refractivity contribution in [1.82, 2.24) is 4.90 Å². The van der Waals surface area contributed by atoms with Crippen molar-refractivity contribution in [3.63, 3.8) is 0 Å². The molecule has 104 valence electrons. The Morgan fingerprint density at radius 2 is 1.84 bits per heavy atom. The lowest BCUT2D eigenvalue weighted by Crippen LogP contribution is -2.32. The number of aromatic hydroxyl groups is 1. The van der Waals surface area contributed by atoms with Gasteiger partial charge in [-0.1, -0.05) is 19.3 Å². The van der Waals surface area contributed by atoms with Crippen LogP contribution in [0.4, 0.5) is 0 Å². The van der Waals surface area contributed by atoms with Crippen molar-refractivity contribution in [2.75, 3.05) is 13.8 Å². The second-order valence-corrected chi connectivity index (χ2v) is 5.54. The zero-order chi connectivity index (χ0) is 13.2. The van der Waals surface area contributed by atoms with Gasteiger partial charge in [-0.3, -0.25) is 4.90 Å². The molecule has 19 heavy (non-hydrogen) atoms. The average molecular weight is 263 g/mol. The van der Waals surface area contributed by atoms with Gasteiger partial charge in [0.15, 0.2) is 11.5 Å². The molecule has 0 bridgehead atoms. The summed E-state index contributed by atoms with van der Waals surface area (Å²) in [6.45, 7) is 1.00. The maximum Gasteiger partial charge on any atom is 0.231 e. The molecule has 1 N–H and O–H groups in total. The van der Waals surface area contributed by atoms with Crippen molar-refractivity contribution >= 4 is 0 Å². The molecule has 1 aromatic rings. The van der Waals surface area contributed by atoms with Crippen LogP contribution in [0.25, 0.3) is 0 Å². The van der Waals surface area contributed by atoms with E-state index in [4.69, 9.17) is 9.47 Å². The third kappa shape index (κ3) is 2.63. The molecule has 0 atom stereocenters. The first-order valence-corrected chi connectivity index (χ1v) is 7.06. The van der Waals surface area contributed by atoms with Gasteiger partial charge in [-0.25, -0.2) is 0 Å². The molecule has 1 saturated carbocycles. The van der Waals surface area contributed by atoms with Crippen LogP contribution >= 0.6 is 0 Å². The molecule has 0 radical (unpaired) electrons. The topological polar surface area (TPSA) is 41.9 Å². The van der Waals surface area contributed by atoms with Crippen LogP contribution in [0, 0.1) is 0 Å². The molecule has 1 fully saturated rings. The largest absolute Gasteiger partial charge is 0.507 e. The lowest BCUT2D eigenvalue weighted by molar-refractivity contribution is 0.173. The van der Waals surface area contributed by atoms with E-state index in [1.165, 1.54) is 32.1 Å². The molecular formula is C15H21NO3. The van der Waals surface area contributed by atoms with E-state index >= 15 is 0 Å². The van der Waals surface area contributed by atoms with Gasteiger partial charge in [0.05, 0.1) is 0 Å². The van der Waals surface area contributed by atoms with Gasteiger partial charge < -0.3 is 14.6 Å². The molecule has 2 aliphatic rings. The highest BCUT2D eigenvalue weighted by Gasteiger charge is 2.21. The molecule has 1 aliphatic carbocycles. The number of phenolic OH excluding ortho intramolecular Hbond substituents is 1. The summed E-state index contributed by atoms with van der Waals surface area (Å²) in [5, 5.41) is 10.1. The van der Waals surface area contributed by atoms with Gasteiger partial charge in [0.25, 0.3) is 0 Å². The number of hydrogen-bond acceptors (Lipinski definition) is 4. The molecule has 1 aliphatic heterocycles. The standard InChI is InChI=1S/C15H21NO3/c1-16(12-5-3-2-4-6-12)9-11-7-14-15(8-13(11)17)19-10-18-14/h7-8,12,17H,2-6,9-10H2,1H3. The third-order valence-corrected chi connectivity index (χ3v) is 4.19. The summed E-state index contributed by atoms with van der Waals surface area (Å²) in [6, 6.07) is 4.20. The average Bonchev–Trinajstić information content (AvgIpc) is 2.87. The Balaban J connectivity index is 1.72. The zero-order valence-corrected chi connectivity index (χ0v) is 11.4. The van der Waals surface area contributed by atoms with Crippen molar-refractivity contribution in [3.8, 4) is 17.2 Å². The van der Waals surface area contributed by atoms with Gasteiger partial charge in [-0.05, 0) is 26.0 Å². The Morgan fingerprint density at radius 1 is 1.16 bits per heavy atom. The lowest BCUT2D eigenvalue weighted by Gasteiger charge is -2.31. The zero-order valence-electron chi connectivity index (χ0n) is 11.4. The minimum atomic E-state index is 0.247. The predicted molar refractivity (Wildman–Crippen MR) is 72.6 cm³/mol. The van der Waals surface area contributed by atoms with E-state index in [0.717, 1.165) is 17.9 Å². The van der Waals surface area contributed by atoms with Crippen molar-refractivity contribution in [1.29, 1.82) is 0 Å². The highest BCUT2D eigenvalue weighted by Crippen LogP contribution is 2.38. The second-order valence-electron chi connectivity index (χ2n) is 5.54. The van der Waals surface area contributed by atoms with Gasteiger partial charge in [0.2, 0.25) is 6.79 Å². The normalized spacial score (nSPS) is 19.1. The minimum absolute atomic E-state index is 0.247.